The summed E-state index contributed by atoms with van der Waals surface area (Å²) in [5, 5.41) is 9.85. The summed E-state index contributed by atoms with van der Waals surface area (Å²) in [5.41, 5.74) is 0. The zero-order valence-electron chi connectivity index (χ0n) is 12.4. The van der Waals surface area contributed by atoms with Gasteiger partial charge < -0.3 is 14.3 Å². The Balaban J connectivity index is 2.02. The average Bonchev–Trinajstić information content (AvgIpc) is 2.90. The number of furan rings is 1. The topological polar surface area (TPSA) is 88.8 Å². The van der Waals surface area contributed by atoms with Crippen molar-refractivity contribution in [1.29, 1.82) is 0 Å². The van der Waals surface area contributed by atoms with Gasteiger partial charge in [-0.05, 0) is 43.3 Å². The van der Waals surface area contributed by atoms with E-state index >= 15 is 0 Å². The highest BCUT2D eigenvalue weighted by molar-refractivity contribution is 7.89. The van der Waals surface area contributed by atoms with Crippen molar-refractivity contribution in [2.75, 3.05) is 6.54 Å². The van der Waals surface area contributed by atoms with E-state index in [0.29, 0.717) is 5.76 Å². The maximum absolute atomic E-state index is 12.1. The molecule has 0 spiro atoms. The number of benzene rings is 1. The van der Waals surface area contributed by atoms with Gasteiger partial charge in [0.05, 0.1) is 4.90 Å². The first-order valence-electron chi connectivity index (χ1n) is 6.67. The van der Waals surface area contributed by atoms with Crippen LogP contribution in [0.2, 0.25) is 0 Å². The molecule has 2 rings (SSSR count). The maximum atomic E-state index is 12.1. The van der Waals surface area contributed by atoms with Gasteiger partial charge in [0.25, 0.3) is 0 Å². The molecule has 1 unspecified atom stereocenters. The first-order valence-corrected chi connectivity index (χ1v) is 8.15. The van der Waals surface area contributed by atoms with Crippen LogP contribution in [-0.4, -0.2) is 26.4 Å². The Hall–Kier alpha value is -2.04. The van der Waals surface area contributed by atoms with Gasteiger partial charge in [0.15, 0.2) is 0 Å². The third kappa shape index (κ3) is 4.98. The summed E-state index contributed by atoms with van der Waals surface area (Å²) < 4.78 is 71.3. The van der Waals surface area contributed by atoms with Crippen molar-refractivity contribution in [2.45, 2.75) is 24.3 Å². The molecular formula is C14H14F3NO5S. The Morgan fingerprint density at radius 3 is 2.33 bits per heavy atom. The molecule has 0 aliphatic rings. The second kappa shape index (κ2) is 6.83. The van der Waals surface area contributed by atoms with Crippen LogP contribution in [0, 0.1) is 6.92 Å². The van der Waals surface area contributed by atoms with Crippen molar-refractivity contribution >= 4 is 10.0 Å². The summed E-state index contributed by atoms with van der Waals surface area (Å²) in [6, 6.07) is 6.83. The van der Waals surface area contributed by atoms with Crippen LogP contribution in [0.4, 0.5) is 13.2 Å². The van der Waals surface area contributed by atoms with Crippen LogP contribution < -0.4 is 9.46 Å². The van der Waals surface area contributed by atoms with E-state index in [-0.39, 0.29) is 17.2 Å². The molecule has 1 atom stereocenters. The van der Waals surface area contributed by atoms with E-state index in [2.05, 4.69) is 9.46 Å². The molecule has 2 N–H and O–H groups in total. The van der Waals surface area contributed by atoms with Gasteiger partial charge in [-0.2, -0.15) is 0 Å². The van der Waals surface area contributed by atoms with Crippen LogP contribution in [0.15, 0.2) is 45.7 Å². The molecule has 0 bridgehead atoms. The zero-order valence-corrected chi connectivity index (χ0v) is 13.2. The molecule has 0 saturated heterocycles. The molecule has 0 saturated carbocycles. The normalized spacial score (nSPS) is 13.7. The van der Waals surface area contributed by atoms with Crippen molar-refractivity contribution in [3.63, 3.8) is 0 Å². The number of aryl methyl sites for hydroxylation is 1. The predicted octanol–water partition coefficient (Wildman–Crippen LogP) is 2.50. The Kier molecular flexibility index (Phi) is 5.21. The number of ether oxygens (including phenoxy) is 1. The Morgan fingerprint density at radius 2 is 1.83 bits per heavy atom. The highest BCUT2D eigenvalue weighted by Crippen LogP contribution is 2.24. The summed E-state index contributed by atoms with van der Waals surface area (Å²) in [6.07, 6.45) is -6.05. The van der Waals surface area contributed by atoms with Crippen molar-refractivity contribution in [1.82, 2.24) is 4.72 Å². The third-order valence-corrected chi connectivity index (χ3v) is 4.36. The quantitative estimate of drug-likeness (QED) is 0.821. The molecule has 0 fully saturated rings. The first kappa shape index (κ1) is 18.3. The number of aliphatic hydroxyl groups excluding tert-OH is 1. The molecule has 6 nitrogen and oxygen atoms in total. The molecule has 24 heavy (non-hydrogen) atoms. The van der Waals surface area contributed by atoms with Crippen LogP contribution >= 0.6 is 0 Å². The first-order chi connectivity index (χ1) is 11.1. The molecule has 0 aliphatic carbocycles. The van der Waals surface area contributed by atoms with E-state index in [1.807, 2.05) is 0 Å². The number of hydrogen-bond donors (Lipinski definition) is 2. The summed E-state index contributed by atoms with van der Waals surface area (Å²) in [6.45, 7) is 1.32. The van der Waals surface area contributed by atoms with Crippen LogP contribution in [0.5, 0.6) is 5.75 Å². The minimum Gasteiger partial charge on any atom is -0.464 e. The minimum atomic E-state index is -4.86. The lowest BCUT2D eigenvalue weighted by molar-refractivity contribution is -0.274. The Morgan fingerprint density at radius 1 is 1.21 bits per heavy atom. The monoisotopic (exact) mass is 365 g/mol. The van der Waals surface area contributed by atoms with Crippen LogP contribution in [0.3, 0.4) is 0 Å². The predicted molar refractivity (Wildman–Crippen MR) is 76.7 cm³/mol. The summed E-state index contributed by atoms with van der Waals surface area (Å²) in [7, 11) is -4.01. The SMILES string of the molecule is Cc1ccc(C(O)CNS(=O)(=O)c2ccc(OC(F)(F)F)cc2)o1. The summed E-state index contributed by atoms with van der Waals surface area (Å²) in [5.74, 6) is 0.226. The van der Waals surface area contributed by atoms with Crippen LogP contribution in [0.25, 0.3) is 0 Å². The van der Waals surface area contributed by atoms with E-state index in [1.54, 1.807) is 13.0 Å². The van der Waals surface area contributed by atoms with Crippen molar-refractivity contribution in [3.05, 3.63) is 47.9 Å². The number of rotatable bonds is 6. The lowest BCUT2D eigenvalue weighted by Crippen LogP contribution is -2.28. The van der Waals surface area contributed by atoms with Gasteiger partial charge in [-0.1, -0.05) is 0 Å². The van der Waals surface area contributed by atoms with Gasteiger partial charge >= 0.3 is 6.36 Å². The second-order valence-electron chi connectivity index (χ2n) is 4.84. The van der Waals surface area contributed by atoms with Gasteiger partial charge in [0.1, 0.15) is 23.4 Å². The number of alkyl halides is 3. The van der Waals surface area contributed by atoms with E-state index in [9.17, 15) is 26.7 Å². The van der Waals surface area contributed by atoms with E-state index < -0.39 is 28.2 Å². The van der Waals surface area contributed by atoms with Crippen LogP contribution in [0.1, 0.15) is 17.6 Å². The number of aliphatic hydroxyl groups is 1. The fraction of sp³-hybridized carbons (Fsp3) is 0.286. The summed E-state index contributed by atoms with van der Waals surface area (Å²) in [4.78, 5) is -0.264. The summed E-state index contributed by atoms with van der Waals surface area (Å²) >= 11 is 0. The van der Waals surface area contributed by atoms with Gasteiger partial charge in [0.2, 0.25) is 10.0 Å². The fourth-order valence-electron chi connectivity index (χ4n) is 1.83. The molecule has 1 aromatic heterocycles. The second-order valence-corrected chi connectivity index (χ2v) is 6.60. The minimum absolute atomic E-state index is 0.198. The number of hydrogen-bond acceptors (Lipinski definition) is 5. The van der Waals surface area contributed by atoms with Gasteiger partial charge in [-0.25, -0.2) is 13.1 Å². The lowest BCUT2D eigenvalue weighted by atomic mass is 10.3. The van der Waals surface area contributed by atoms with E-state index in [0.717, 1.165) is 24.3 Å². The largest absolute Gasteiger partial charge is 0.573 e. The molecule has 10 heteroatoms. The molecule has 132 valence electrons. The lowest BCUT2D eigenvalue weighted by Gasteiger charge is -2.12. The van der Waals surface area contributed by atoms with Crippen molar-refractivity contribution in [2.24, 2.45) is 0 Å². The van der Waals surface area contributed by atoms with Gasteiger partial charge in [-0.15, -0.1) is 13.2 Å². The zero-order chi connectivity index (χ0) is 18.0. The van der Waals surface area contributed by atoms with Crippen molar-refractivity contribution in [3.8, 4) is 5.75 Å². The highest BCUT2D eigenvalue weighted by atomic mass is 32.2. The smallest absolute Gasteiger partial charge is 0.464 e. The Labute approximate surface area is 135 Å². The molecule has 0 amide bonds. The Bertz CT molecular complexity index is 783. The maximum Gasteiger partial charge on any atom is 0.573 e. The standard InChI is InChI=1S/C14H14F3NO5S/c1-9-2-7-13(22-9)12(19)8-18-24(20,21)11-5-3-10(4-6-11)23-14(15,16)17/h2-7,12,18-19H,8H2,1H3. The molecular weight excluding hydrogens is 351 g/mol. The number of nitrogens with one attached hydrogen (secondary N) is 1. The number of halogens is 3. The fourth-order valence-corrected chi connectivity index (χ4v) is 2.86. The van der Waals surface area contributed by atoms with Crippen LogP contribution in [-0.2, 0) is 10.0 Å². The highest BCUT2D eigenvalue weighted by Gasteiger charge is 2.31. The molecule has 0 radical (unpaired) electrons. The number of sulfonamides is 1. The average molecular weight is 365 g/mol. The van der Waals surface area contributed by atoms with Crippen molar-refractivity contribution < 1.29 is 35.8 Å². The molecule has 2 aromatic rings. The molecule has 0 aliphatic heterocycles. The van der Waals surface area contributed by atoms with E-state index in [1.165, 1.54) is 6.07 Å². The molecule has 1 heterocycles. The third-order valence-electron chi connectivity index (χ3n) is 2.92. The van der Waals surface area contributed by atoms with Gasteiger partial charge in [0, 0.05) is 6.54 Å². The van der Waals surface area contributed by atoms with E-state index in [4.69, 9.17) is 4.42 Å². The van der Waals surface area contributed by atoms with Gasteiger partial charge in [-0.3, -0.25) is 0 Å². The molecule has 1 aromatic carbocycles.